The Morgan fingerprint density at radius 2 is 1.62 bits per heavy atom. The quantitative estimate of drug-likeness (QED) is 0.151. The maximum Gasteiger partial charge on any atom is 0.468 e. The van der Waals surface area contributed by atoms with Gasteiger partial charge in [0.25, 0.3) is 0 Å². The predicted octanol–water partition coefficient (Wildman–Crippen LogP) is 0.815. The summed E-state index contributed by atoms with van der Waals surface area (Å²) in [5, 5.41) is -5.38. The number of rotatable bonds is 8. The van der Waals surface area contributed by atoms with Gasteiger partial charge < -0.3 is 18.8 Å². The molecule has 1 unspecified atom stereocenters. The third-order valence-electron chi connectivity index (χ3n) is 2.05. The summed E-state index contributed by atoms with van der Waals surface area (Å²) in [4.78, 5) is 22.4. The lowest BCUT2D eigenvalue weighted by Gasteiger charge is -2.32. The van der Waals surface area contributed by atoms with Crippen molar-refractivity contribution < 1.29 is 58.7 Å². The van der Waals surface area contributed by atoms with Crippen molar-refractivity contribution in [2.24, 2.45) is 0 Å². The summed E-state index contributed by atoms with van der Waals surface area (Å²) in [5.74, 6) is -9.33. The Morgan fingerprint density at radius 3 is 1.96 bits per heavy atom. The van der Waals surface area contributed by atoms with Crippen LogP contribution in [0.15, 0.2) is 25.5 Å². The van der Waals surface area contributed by atoms with Crippen LogP contribution in [0, 0.1) is 0 Å². The van der Waals surface area contributed by atoms with Gasteiger partial charge in [0.2, 0.25) is 0 Å². The lowest BCUT2D eigenvalue weighted by molar-refractivity contribution is -0.358. The van der Waals surface area contributed by atoms with Crippen LogP contribution in [0.3, 0.4) is 0 Å². The summed E-state index contributed by atoms with van der Waals surface area (Å²) in [5.41, 5.74) is 0. The van der Waals surface area contributed by atoms with E-state index >= 15 is 0 Å². The van der Waals surface area contributed by atoms with Crippen LogP contribution in [0.1, 0.15) is 0 Å². The van der Waals surface area contributed by atoms with Crippen LogP contribution in [0.4, 0.5) is 22.0 Å². The average molecular weight is 383 g/mol. The largest absolute Gasteiger partial charge is 0.743 e. The summed E-state index contributed by atoms with van der Waals surface area (Å²) >= 11 is 0. The number of alkyl halides is 5. The van der Waals surface area contributed by atoms with Crippen molar-refractivity contribution in [3.05, 3.63) is 25.5 Å². The third kappa shape index (κ3) is 4.72. The standard InChI is InChI=1S/C10H9F5O8S/c1-3-6(16)23-9(10(13,14)15,7(17)21-4-2)22-5-8(11,12)24(18,19)20/h3-4H,1-2,5H2,(H,18,19,20)/p-1. The second kappa shape index (κ2) is 7.23. The van der Waals surface area contributed by atoms with E-state index in [2.05, 4.69) is 27.4 Å². The molecule has 0 N–H and O–H groups in total. The van der Waals surface area contributed by atoms with Crippen LogP contribution in [-0.2, 0) is 33.9 Å². The maximum absolute atomic E-state index is 13.1. The molecule has 0 aromatic heterocycles. The van der Waals surface area contributed by atoms with Crippen molar-refractivity contribution in [1.29, 1.82) is 0 Å². The molecule has 1 atom stereocenters. The molecule has 14 heteroatoms. The van der Waals surface area contributed by atoms with Crippen molar-refractivity contribution in [2.75, 3.05) is 6.61 Å². The van der Waals surface area contributed by atoms with Gasteiger partial charge in [0.15, 0.2) is 10.1 Å². The first-order valence-electron chi connectivity index (χ1n) is 5.36. The van der Waals surface area contributed by atoms with Crippen LogP contribution >= 0.6 is 0 Å². The van der Waals surface area contributed by atoms with Crippen LogP contribution < -0.4 is 0 Å². The molecular formula is C10H8F5O8S-. The number of hydrogen-bond donors (Lipinski definition) is 0. The van der Waals surface area contributed by atoms with Gasteiger partial charge in [0.1, 0.15) is 6.61 Å². The highest BCUT2D eigenvalue weighted by Gasteiger charge is 2.68. The number of esters is 2. The van der Waals surface area contributed by atoms with E-state index in [-0.39, 0.29) is 12.3 Å². The lowest BCUT2D eigenvalue weighted by Crippen LogP contribution is -2.59. The molecule has 0 saturated heterocycles. The molecule has 0 aliphatic heterocycles. The number of carbonyl (C=O) groups is 2. The Labute approximate surface area is 131 Å². The molecular weight excluding hydrogens is 375 g/mol. The number of carbonyl (C=O) groups excluding carboxylic acids is 2. The second-order valence-electron chi connectivity index (χ2n) is 3.69. The van der Waals surface area contributed by atoms with Gasteiger partial charge in [-0.25, -0.2) is 18.0 Å². The monoisotopic (exact) mass is 383 g/mol. The highest BCUT2D eigenvalue weighted by molar-refractivity contribution is 7.86. The highest BCUT2D eigenvalue weighted by atomic mass is 32.2. The van der Waals surface area contributed by atoms with Gasteiger partial charge in [0.05, 0.1) is 6.26 Å². The van der Waals surface area contributed by atoms with Crippen molar-refractivity contribution >= 4 is 22.1 Å². The summed E-state index contributed by atoms with van der Waals surface area (Å²) in [6.45, 7) is 2.67. The summed E-state index contributed by atoms with van der Waals surface area (Å²) in [6.07, 6.45) is -5.77. The number of halogens is 5. The lowest BCUT2D eigenvalue weighted by atomic mass is 10.2. The minimum Gasteiger partial charge on any atom is -0.743 e. The first-order valence-corrected chi connectivity index (χ1v) is 6.77. The molecule has 24 heavy (non-hydrogen) atoms. The van der Waals surface area contributed by atoms with E-state index in [0.717, 1.165) is 0 Å². The molecule has 0 aromatic rings. The van der Waals surface area contributed by atoms with Crippen LogP contribution in [0.25, 0.3) is 0 Å². The van der Waals surface area contributed by atoms with E-state index in [9.17, 15) is 44.5 Å². The normalized spacial score (nSPS) is 15.1. The third-order valence-corrected chi connectivity index (χ3v) is 2.90. The molecule has 0 saturated carbocycles. The summed E-state index contributed by atoms with van der Waals surface area (Å²) in [6, 6.07) is 0. The first kappa shape index (κ1) is 21.9. The van der Waals surface area contributed by atoms with Gasteiger partial charge in [-0.15, -0.1) is 0 Å². The molecule has 0 amide bonds. The Kier molecular flexibility index (Phi) is 6.61. The zero-order valence-electron chi connectivity index (χ0n) is 11.3. The fraction of sp³-hybridized carbons (Fsp3) is 0.400. The summed E-state index contributed by atoms with van der Waals surface area (Å²) < 4.78 is 107. The molecule has 0 radical (unpaired) electrons. The Balaban J connectivity index is 6.00. The summed E-state index contributed by atoms with van der Waals surface area (Å²) in [7, 11) is -6.45. The predicted molar refractivity (Wildman–Crippen MR) is 62.0 cm³/mol. The van der Waals surface area contributed by atoms with Crippen molar-refractivity contribution in [3.8, 4) is 0 Å². The van der Waals surface area contributed by atoms with Gasteiger partial charge in [-0.1, -0.05) is 13.2 Å². The minimum absolute atomic E-state index is 0.119. The first-order chi connectivity index (χ1) is 10.6. The second-order valence-corrected chi connectivity index (χ2v) is 5.20. The molecule has 0 aliphatic carbocycles. The Morgan fingerprint density at radius 1 is 1.12 bits per heavy atom. The van der Waals surface area contributed by atoms with Crippen LogP contribution in [0.2, 0.25) is 0 Å². The van der Waals surface area contributed by atoms with Crippen molar-refractivity contribution in [2.45, 2.75) is 17.2 Å². The smallest absolute Gasteiger partial charge is 0.468 e. The van der Waals surface area contributed by atoms with Crippen LogP contribution in [-0.4, -0.2) is 48.7 Å². The number of ether oxygens (including phenoxy) is 3. The van der Waals surface area contributed by atoms with Gasteiger partial charge >= 0.3 is 29.2 Å². The van der Waals surface area contributed by atoms with E-state index < -0.39 is 45.9 Å². The van der Waals surface area contributed by atoms with Gasteiger partial charge in [-0.2, -0.15) is 22.0 Å². The fourth-order valence-electron chi connectivity index (χ4n) is 0.980. The highest BCUT2D eigenvalue weighted by Crippen LogP contribution is 2.38. The zero-order valence-corrected chi connectivity index (χ0v) is 12.2. The van der Waals surface area contributed by atoms with E-state index in [4.69, 9.17) is 0 Å². The average Bonchev–Trinajstić information content (AvgIpc) is 2.40. The van der Waals surface area contributed by atoms with E-state index in [1.165, 1.54) is 0 Å². The molecule has 8 nitrogen and oxygen atoms in total. The Bertz CT molecular complexity index is 626. The molecule has 0 rings (SSSR count). The van der Waals surface area contributed by atoms with Gasteiger partial charge in [0, 0.05) is 6.08 Å². The van der Waals surface area contributed by atoms with Gasteiger partial charge in [-0.05, 0) is 0 Å². The SMILES string of the molecule is C=COC(=O)C(OCC(F)(F)S(=O)(=O)[O-])(OC(=O)C=C)C(F)(F)F. The topological polar surface area (TPSA) is 119 Å². The Hall–Kier alpha value is -2.06. The molecule has 0 aliphatic rings. The molecule has 0 aromatic carbocycles. The van der Waals surface area contributed by atoms with E-state index in [1.54, 1.807) is 0 Å². The minimum atomic E-state index is -6.45. The molecule has 0 bridgehead atoms. The van der Waals surface area contributed by atoms with Crippen molar-refractivity contribution in [3.63, 3.8) is 0 Å². The molecule has 0 fully saturated rings. The van der Waals surface area contributed by atoms with Crippen molar-refractivity contribution in [1.82, 2.24) is 0 Å². The molecule has 138 valence electrons. The van der Waals surface area contributed by atoms with E-state index in [1.807, 2.05) is 0 Å². The zero-order chi connectivity index (χ0) is 19.4. The number of hydrogen-bond acceptors (Lipinski definition) is 8. The van der Waals surface area contributed by atoms with Gasteiger partial charge in [-0.3, -0.25) is 0 Å². The maximum atomic E-state index is 13.1. The molecule has 0 spiro atoms. The fourth-order valence-corrected chi connectivity index (χ4v) is 1.18. The van der Waals surface area contributed by atoms with E-state index in [0.29, 0.717) is 0 Å². The van der Waals surface area contributed by atoms with Crippen LogP contribution in [0.5, 0.6) is 0 Å². The molecule has 0 heterocycles.